The van der Waals surface area contributed by atoms with Crippen molar-refractivity contribution in [2.75, 3.05) is 11.4 Å². The summed E-state index contributed by atoms with van der Waals surface area (Å²) in [6, 6.07) is 8.51. The molecule has 0 spiro atoms. The van der Waals surface area contributed by atoms with E-state index in [2.05, 4.69) is 33.8 Å². The molecule has 1 unspecified atom stereocenters. The standard InChI is InChI=1S/C11H11BrN2/c1-8-4-5-14(8)11-3-2-9(7-13)6-10(11)12/h2-3,6,8H,4-5H2,1H3. The lowest BCUT2D eigenvalue weighted by Crippen LogP contribution is -2.45. The lowest BCUT2D eigenvalue weighted by molar-refractivity contribution is 0.480. The number of nitrogens with zero attached hydrogens (tertiary/aromatic N) is 2. The molecule has 1 aliphatic rings. The molecule has 1 saturated heterocycles. The lowest BCUT2D eigenvalue weighted by Gasteiger charge is -2.41. The van der Waals surface area contributed by atoms with Crippen molar-refractivity contribution < 1.29 is 0 Å². The van der Waals surface area contributed by atoms with Crippen LogP contribution in [0, 0.1) is 11.3 Å². The fraction of sp³-hybridized carbons (Fsp3) is 0.364. The van der Waals surface area contributed by atoms with Gasteiger partial charge in [-0.3, -0.25) is 0 Å². The van der Waals surface area contributed by atoms with Gasteiger partial charge >= 0.3 is 0 Å². The molecule has 0 saturated carbocycles. The molecule has 1 fully saturated rings. The number of nitriles is 1. The highest BCUT2D eigenvalue weighted by atomic mass is 79.9. The van der Waals surface area contributed by atoms with Crippen LogP contribution in [-0.4, -0.2) is 12.6 Å². The number of hydrogen-bond donors (Lipinski definition) is 0. The number of rotatable bonds is 1. The van der Waals surface area contributed by atoms with E-state index in [1.807, 2.05) is 18.2 Å². The summed E-state index contributed by atoms with van der Waals surface area (Å²) in [5, 5.41) is 8.73. The third-order valence-electron chi connectivity index (χ3n) is 2.71. The predicted molar refractivity (Wildman–Crippen MR) is 60.3 cm³/mol. The summed E-state index contributed by atoms with van der Waals surface area (Å²) in [7, 11) is 0. The first-order chi connectivity index (χ1) is 6.72. The first-order valence-electron chi connectivity index (χ1n) is 4.68. The molecule has 2 rings (SSSR count). The van der Waals surface area contributed by atoms with Crippen LogP contribution in [0.2, 0.25) is 0 Å². The van der Waals surface area contributed by atoms with Gasteiger partial charge in [0.2, 0.25) is 0 Å². The maximum Gasteiger partial charge on any atom is 0.0992 e. The third kappa shape index (κ3) is 1.51. The zero-order valence-electron chi connectivity index (χ0n) is 8.00. The quantitative estimate of drug-likeness (QED) is 0.767. The van der Waals surface area contributed by atoms with E-state index >= 15 is 0 Å². The molecule has 0 aliphatic carbocycles. The van der Waals surface area contributed by atoms with Gasteiger partial charge in [0, 0.05) is 17.1 Å². The van der Waals surface area contributed by atoms with Crippen LogP contribution in [0.15, 0.2) is 22.7 Å². The van der Waals surface area contributed by atoms with E-state index in [9.17, 15) is 0 Å². The molecule has 0 aromatic heterocycles. The summed E-state index contributed by atoms with van der Waals surface area (Å²) in [4.78, 5) is 2.34. The Morgan fingerprint density at radius 2 is 2.36 bits per heavy atom. The van der Waals surface area contributed by atoms with E-state index in [1.54, 1.807) is 0 Å². The molecule has 0 amide bonds. The molecule has 1 aromatic carbocycles. The fourth-order valence-corrected chi connectivity index (χ4v) is 2.29. The largest absolute Gasteiger partial charge is 0.368 e. The highest BCUT2D eigenvalue weighted by molar-refractivity contribution is 9.10. The Labute approximate surface area is 92.3 Å². The topological polar surface area (TPSA) is 27.0 Å². The van der Waals surface area contributed by atoms with Gasteiger partial charge in [-0.25, -0.2) is 0 Å². The highest BCUT2D eigenvalue weighted by Gasteiger charge is 2.24. The second-order valence-electron chi connectivity index (χ2n) is 3.61. The van der Waals surface area contributed by atoms with Gasteiger partial charge in [-0.05, 0) is 47.5 Å². The van der Waals surface area contributed by atoms with Gasteiger partial charge in [-0.2, -0.15) is 5.26 Å². The Hall–Kier alpha value is -1.01. The summed E-state index contributed by atoms with van der Waals surface area (Å²) >= 11 is 3.50. The van der Waals surface area contributed by atoms with Gasteiger partial charge in [-0.15, -0.1) is 0 Å². The minimum absolute atomic E-state index is 0.624. The molecule has 1 atom stereocenters. The molecule has 72 valence electrons. The summed E-state index contributed by atoms with van der Waals surface area (Å²) in [6.07, 6.45) is 1.26. The highest BCUT2D eigenvalue weighted by Crippen LogP contribution is 2.33. The Bertz CT molecular complexity index is 395. The van der Waals surface area contributed by atoms with Crippen molar-refractivity contribution in [3.8, 4) is 6.07 Å². The van der Waals surface area contributed by atoms with E-state index in [1.165, 1.54) is 12.1 Å². The monoisotopic (exact) mass is 250 g/mol. The molecule has 0 N–H and O–H groups in total. The average Bonchev–Trinajstić information content (AvgIpc) is 2.18. The summed E-state index contributed by atoms with van der Waals surface area (Å²) in [6.45, 7) is 3.33. The van der Waals surface area contributed by atoms with Crippen molar-refractivity contribution in [1.29, 1.82) is 5.26 Å². The molecule has 1 heterocycles. The van der Waals surface area contributed by atoms with E-state index in [-0.39, 0.29) is 0 Å². The van der Waals surface area contributed by atoms with Crippen molar-refractivity contribution in [2.45, 2.75) is 19.4 Å². The predicted octanol–water partition coefficient (Wildman–Crippen LogP) is 2.92. The van der Waals surface area contributed by atoms with Crippen molar-refractivity contribution in [2.24, 2.45) is 0 Å². The first kappa shape index (κ1) is 9.54. The van der Waals surface area contributed by atoms with Crippen LogP contribution in [0.3, 0.4) is 0 Å². The first-order valence-corrected chi connectivity index (χ1v) is 5.48. The molecule has 2 nitrogen and oxygen atoms in total. The van der Waals surface area contributed by atoms with Gasteiger partial charge in [0.05, 0.1) is 17.3 Å². The minimum atomic E-state index is 0.624. The molecule has 1 aliphatic heterocycles. The molecule has 3 heteroatoms. The van der Waals surface area contributed by atoms with Crippen molar-refractivity contribution >= 4 is 21.6 Å². The Morgan fingerprint density at radius 1 is 1.57 bits per heavy atom. The van der Waals surface area contributed by atoms with Crippen LogP contribution in [0.1, 0.15) is 18.9 Å². The smallest absolute Gasteiger partial charge is 0.0992 e. The van der Waals surface area contributed by atoms with Crippen LogP contribution in [0.5, 0.6) is 0 Å². The summed E-state index contributed by atoms with van der Waals surface area (Å²) in [5.41, 5.74) is 1.90. The maximum atomic E-state index is 8.73. The van der Waals surface area contributed by atoms with Crippen molar-refractivity contribution in [3.05, 3.63) is 28.2 Å². The Morgan fingerprint density at radius 3 is 2.79 bits per heavy atom. The normalized spacial score (nSPS) is 20.1. The minimum Gasteiger partial charge on any atom is -0.368 e. The zero-order chi connectivity index (χ0) is 10.1. The number of hydrogen-bond acceptors (Lipinski definition) is 2. The number of halogens is 1. The third-order valence-corrected chi connectivity index (χ3v) is 3.34. The second-order valence-corrected chi connectivity index (χ2v) is 4.46. The molecular weight excluding hydrogens is 240 g/mol. The fourth-order valence-electron chi connectivity index (χ4n) is 1.68. The summed E-state index contributed by atoms with van der Waals surface area (Å²) in [5.74, 6) is 0. The lowest BCUT2D eigenvalue weighted by atomic mass is 10.0. The molecule has 14 heavy (non-hydrogen) atoms. The molecule has 0 radical (unpaired) electrons. The van der Waals surface area contributed by atoms with Crippen LogP contribution in [0.25, 0.3) is 0 Å². The van der Waals surface area contributed by atoms with Gasteiger partial charge < -0.3 is 4.90 Å². The molecule has 0 bridgehead atoms. The van der Waals surface area contributed by atoms with E-state index in [0.717, 1.165) is 11.0 Å². The molecule has 1 aromatic rings. The van der Waals surface area contributed by atoms with Gasteiger partial charge in [0.25, 0.3) is 0 Å². The van der Waals surface area contributed by atoms with E-state index in [4.69, 9.17) is 5.26 Å². The zero-order valence-corrected chi connectivity index (χ0v) is 9.58. The van der Waals surface area contributed by atoms with Gasteiger partial charge in [0.15, 0.2) is 0 Å². The van der Waals surface area contributed by atoms with Crippen LogP contribution < -0.4 is 4.90 Å². The average molecular weight is 251 g/mol. The van der Waals surface area contributed by atoms with Gasteiger partial charge in [-0.1, -0.05) is 0 Å². The Balaban J connectivity index is 2.32. The molecular formula is C11H11BrN2. The SMILES string of the molecule is CC1CCN1c1ccc(C#N)cc1Br. The van der Waals surface area contributed by atoms with Crippen LogP contribution >= 0.6 is 15.9 Å². The summed E-state index contributed by atoms with van der Waals surface area (Å²) < 4.78 is 1.02. The van der Waals surface area contributed by atoms with Crippen molar-refractivity contribution in [1.82, 2.24) is 0 Å². The Kier molecular flexibility index (Phi) is 2.47. The number of anilines is 1. The van der Waals surface area contributed by atoms with E-state index in [0.29, 0.717) is 11.6 Å². The van der Waals surface area contributed by atoms with Crippen molar-refractivity contribution in [3.63, 3.8) is 0 Å². The maximum absolute atomic E-state index is 8.73. The number of benzene rings is 1. The van der Waals surface area contributed by atoms with Crippen LogP contribution in [0.4, 0.5) is 5.69 Å². The van der Waals surface area contributed by atoms with E-state index < -0.39 is 0 Å². The van der Waals surface area contributed by atoms with Crippen LogP contribution in [-0.2, 0) is 0 Å². The second kappa shape index (κ2) is 3.62. The van der Waals surface area contributed by atoms with Gasteiger partial charge in [0.1, 0.15) is 0 Å².